The second-order valence-corrected chi connectivity index (χ2v) is 3.93. The minimum absolute atomic E-state index is 0.0694. The summed E-state index contributed by atoms with van der Waals surface area (Å²) in [7, 11) is 0. The van der Waals surface area contributed by atoms with Crippen LogP contribution < -0.4 is 0 Å². The third kappa shape index (κ3) is 2.40. The van der Waals surface area contributed by atoms with E-state index in [0.29, 0.717) is 0 Å². The Morgan fingerprint density at radius 1 is 1.31 bits per heavy atom. The van der Waals surface area contributed by atoms with Crippen molar-refractivity contribution in [1.82, 2.24) is 0 Å². The molecule has 0 bridgehead atoms. The SMILES string of the molecule is CC(CC1CO1)C(CO)(CO)CO. The Hall–Kier alpha value is -0.160. The molecule has 13 heavy (non-hydrogen) atoms. The van der Waals surface area contributed by atoms with Crippen molar-refractivity contribution >= 4 is 0 Å². The zero-order valence-corrected chi connectivity index (χ0v) is 7.94. The van der Waals surface area contributed by atoms with Crippen molar-refractivity contribution in [2.45, 2.75) is 19.4 Å². The van der Waals surface area contributed by atoms with Gasteiger partial charge in [-0.15, -0.1) is 0 Å². The summed E-state index contributed by atoms with van der Waals surface area (Å²) in [6, 6.07) is 0. The topological polar surface area (TPSA) is 73.2 Å². The third-order valence-corrected chi connectivity index (χ3v) is 3.01. The minimum Gasteiger partial charge on any atom is -0.396 e. The van der Waals surface area contributed by atoms with Gasteiger partial charge in [-0.1, -0.05) is 6.92 Å². The summed E-state index contributed by atoms with van der Waals surface area (Å²) >= 11 is 0. The molecular weight excluding hydrogens is 172 g/mol. The van der Waals surface area contributed by atoms with Gasteiger partial charge in [-0.3, -0.25) is 0 Å². The van der Waals surface area contributed by atoms with Crippen LogP contribution in [-0.2, 0) is 4.74 Å². The normalized spacial score (nSPS) is 24.5. The predicted octanol–water partition coefficient (Wildman–Crippen LogP) is -0.625. The molecule has 0 amide bonds. The van der Waals surface area contributed by atoms with Crippen molar-refractivity contribution in [2.24, 2.45) is 11.3 Å². The molecule has 2 unspecified atom stereocenters. The van der Waals surface area contributed by atoms with E-state index < -0.39 is 5.41 Å². The Morgan fingerprint density at radius 3 is 2.08 bits per heavy atom. The van der Waals surface area contributed by atoms with Crippen LogP contribution in [0.1, 0.15) is 13.3 Å². The number of aliphatic hydroxyl groups is 3. The van der Waals surface area contributed by atoms with Crippen LogP contribution >= 0.6 is 0 Å². The Kier molecular flexibility index (Phi) is 3.67. The lowest BCUT2D eigenvalue weighted by Gasteiger charge is -2.33. The Labute approximate surface area is 78.1 Å². The van der Waals surface area contributed by atoms with Gasteiger partial charge in [-0.05, 0) is 12.3 Å². The van der Waals surface area contributed by atoms with Crippen LogP contribution in [0.4, 0.5) is 0 Å². The first-order valence-corrected chi connectivity index (χ1v) is 4.62. The van der Waals surface area contributed by atoms with Crippen LogP contribution in [0, 0.1) is 11.3 Å². The van der Waals surface area contributed by atoms with Crippen LogP contribution in [0.2, 0.25) is 0 Å². The van der Waals surface area contributed by atoms with Crippen molar-refractivity contribution in [3.8, 4) is 0 Å². The average Bonchev–Trinajstić information content (AvgIpc) is 2.92. The number of hydrogen-bond acceptors (Lipinski definition) is 4. The highest BCUT2D eigenvalue weighted by atomic mass is 16.6. The zero-order chi connectivity index (χ0) is 9.90. The molecule has 0 aromatic rings. The van der Waals surface area contributed by atoms with Gasteiger partial charge in [-0.25, -0.2) is 0 Å². The van der Waals surface area contributed by atoms with Gasteiger partial charge in [0.15, 0.2) is 0 Å². The van der Waals surface area contributed by atoms with E-state index in [-0.39, 0.29) is 31.8 Å². The van der Waals surface area contributed by atoms with Crippen LogP contribution in [0.25, 0.3) is 0 Å². The first-order valence-electron chi connectivity index (χ1n) is 4.62. The molecule has 1 fully saturated rings. The lowest BCUT2D eigenvalue weighted by atomic mass is 9.76. The summed E-state index contributed by atoms with van der Waals surface area (Å²) in [5.41, 5.74) is -0.758. The maximum absolute atomic E-state index is 9.12. The van der Waals surface area contributed by atoms with Gasteiger partial charge in [0.25, 0.3) is 0 Å². The highest BCUT2D eigenvalue weighted by Crippen LogP contribution is 2.33. The smallest absolute Gasteiger partial charge is 0.0812 e. The van der Waals surface area contributed by atoms with E-state index in [1.165, 1.54) is 0 Å². The molecule has 0 aliphatic carbocycles. The van der Waals surface area contributed by atoms with Gasteiger partial charge >= 0.3 is 0 Å². The molecule has 1 heterocycles. The summed E-state index contributed by atoms with van der Waals surface area (Å²) in [5.74, 6) is 0.0694. The van der Waals surface area contributed by atoms with Crippen LogP contribution in [0.3, 0.4) is 0 Å². The third-order valence-electron chi connectivity index (χ3n) is 3.01. The van der Waals surface area contributed by atoms with Gasteiger partial charge in [0.2, 0.25) is 0 Å². The Bertz CT molecular complexity index is 143. The van der Waals surface area contributed by atoms with Crippen LogP contribution in [0.15, 0.2) is 0 Å². The molecule has 78 valence electrons. The highest BCUT2D eigenvalue weighted by molar-refractivity contribution is 4.86. The highest BCUT2D eigenvalue weighted by Gasteiger charge is 2.38. The lowest BCUT2D eigenvalue weighted by Crippen LogP contribution is -2.40. The molecule has 1 rings (SSSR count). The van der Waals surface area contributed by atoms with Gasteiger partial charge in [0.1, 0.15) is 0 Å². The maximum atomic E-state index is 9.12. The first-order chi connectivity index (χ1) is 6.18. The molecule has 2 atom stereocenters. The Morgan fingerprint density at radius 2 is 1.77 bits per heavy atom. The van der Waals surface area contributed by atoms with E-state index in [1.807, 2.05) is 6.92 Å². The number of aliphatic hydroxyl groups excluding tert-OH is 3. The van der Waals surface area contributed by atoms with Crippen LogP contribution in [-0.4, -0.2) is 47.9 Å². The molecule has 4 heteroatoms. The fourth-order valence-electron chi connectivity index (χ4n) is 1.47. The van der Waals surface area contributed by atoms with E-state index in [9.17, 15) is 0 Å². The van der Waals surface area contributed by atoms with Crippen LogP contribution in [0.5, 0.6) is 0 Å². The molecular formula is C9H18O4. The molecule has 0 radical (unpaired) electrons. The van der Waals surface area contributed by atoms with Gasteiger partial charge in [0.05, 0.1) is 32.5 Å². The molecule has 0 aromatic heterocycles. The standard InChI is InChI=1S/C9H18O4/c1-7(2-8-3-13-8)9(4-10,5-11)6-12/h7-8,10-12H,2-6H2,1H3. The van der Waals surface area contributed by atoms with Gasteiger partial charge < -0.3 is 20.1 Å². The molecule has 1 aliphatic heterocycles. The van der Waals surface area contributed by atoms with E-state index in [2.05, 4.69) is 0 Å². The van der Waals surface area contributed by atoms with E-state index in [0.717, 1.165) is 13.0 Å². The van der Waals surface area contributed by atoms with Crippen molar-refractivity contribution in [3.63, 3.8) is 0 Å². The summed E-state index contributed by atoms with van der Waals surface area (Å²) in [4.78, 5) is 0. The molecule has 0 aromatic carbocycles. The molecule has 4 nitrogen and oxygen atoms in total. The monoisotopic (exact) mass is 190 g/mol. The molecule has 0 saturated carbocycles. The number of hydrogen-bond donors (Lipinski definition) is 3. The van der Waals surface area contributed by atoms with Crippen molar-refractivity contribution < 1.29 is 20.1 Å². The Balaban J connectivity index is 2.49. The van der Waals surface area contributed by atoms with Gasteiger partial charge in [0, 0.05) is 5.41 Å². The second-order valence-electron chi connectivity index (χ2n) is 3.93. The predicted molar refractivity (Wildman–Crippen MR) is 47.2 cm³/mol. The fraction of sp³-hybridized carbons (Fsp3) is 1.00. The summed E-state index contributed by atoms with van der Waals surface area (Å²) in [6.07, 6.45) is 1.06. The largest absolute Gasteiger partial charge is 0.396 e. The first kappa shape index (κ1) is 10.9. The van der Waals surface area contributed by atoms with E-state index in [1.54, 1.807) is 0 Å². The molecule has 1 aliphatic rings. The van der Waals surface area contributed by atoms with Crippen molar-refractivity contribution in [1.29, 1.82) is 0 Å². The number of epoxide rings is 1. The number of ether oxygens (including phenoxy) is 1. The lowest BCUT2D eigenvalue weighted by molar-refractivity contribution is -0.0372. The van der Waals surface area contributed by atoms with Crippen molar-refractivity contribution in [2.75, 3.05) is 26.4 Å². The van der Waals surface area contributed by atoms with Crippen molar-refractivity contribution in [3.05, 3.63) is 0 Å². The number of rotatable bonds is 6. The zero-order valence-electron chi connectivity index (χ0n) is 7.94. The molecule has 3 N–H and O–H groups in total. The summed E-state index contributed by atoms with van der Waals surface area (Å²) in [6.45, 7) is 2.13. The van der Waals surface area contributed by atoms with Gasteiger partial charge in [-0.2, -0.15) is 0 Å². The maximum Gasteiger partial charge on any atom is 0.0812 e. The molecule has 1 saturated heterocycles. The molecule has 0 spiro atoms. The quantitative estimate of drug-likeness (QED) is 0.488. The van der Waals surface area contributed by atoms with E-state index in [4.69, 9.17) is 20.1 Å². The minimum atomic E-state index is -0.758. The summed E-state index contributed by atoms with van der Waals surface area (Å²) in [5, 5.41) is 27.4. The average molecular weight is 190 g/mol. The van der Waals surface area contributed by atoms with E-state index >= 15 is 0 Å². The second kappa shape index (κ2) is 4.37. The fourth-order valence-corrected chi connectivity index (χ4v) is 1.47. The summed E-state index contributed by atoms with van der Waals surface area (Å²) < 4.78 is 5.06.